The van der Waals surface area contributed by atoms with Gasteiger partial charge in [-0.25, -0.2) is 0 Å². The molecule has 1 saturated heterocycles. The van der Waals surface area contributed by atoms with Gasteiger partial charge in [0, 0.05) is 10.5 Å². The molecule has 1 aliphatic rings. The van der Waals surface area contributed by atoms with Gasteiger partial charge in [-0.15, -0.1) is 21.2 Å². The fraction of sp³-hybridized carbons (Fsp3) is 0.333. The van der Waals surface area contributed by atoms with E-state index in [4.69, 9.17) is 11.2 Å². The lowest BCUT2D eigenvalue weighted by molar-refractivity contribution is 0.795. The fourth-order valence-electron chi connectivity index (χ4n) is 2.80. The molecule has 0 aromatic heterocycles. The van der Waals surface area contributed by atoms with Crippen LogP contribution in [0.25, 0.3) is 0 Å². The van der Waals surface area contributed by atoms with E-state index in [-0.39, 0.29) is 9.45 Å². The van der Waals surface area contributed by atoms with Crippen molar-refractivity contribution in [3.63, 3.8) is 0 Å². The smallest absolute Gasteiger partial charge is 0.0829 e. The molecule has 1 fully saturated rings. The van der Waals surface area contributed by atoms with Crippen molar-refractivity contribution in [2.24, 2.45) is 0 Å². The average Bonchev–Trinajstić information content (AvgIpc) is 2.54. The minimum absolute atomic E-state index is 0.0506. The van der Waals surface area contributed by atoms with Gasteiger partial charge < -0.3 is 0 Å². The quantitative estimate of drug-likeness (QED) is 0.741. The van der Waals surface area contributed by atoms with Crippen LogP contribution in [0.2, 0.25) is 0 Å². The number of benzene rings is 2. The topological polar surface area (TPSA) is 0 Å². The number of hydrogen-bond acceptors (Lipinski definition) is 2. The maximum absolute atomic E-state index is 5.99. The molecule has 0 amide bonds. The third kappa shape index (κ3) is 3.64. The average molecular weight is 365 g/mol. The monoisotopic (exact) mass is 364 g/mol. The summed E-state index contributed by atoms with van der Waals surface area (Å²) in [5, 5.41) is 4.30. The first-order valence-electron chi connectivity index (χ1n) is 7.61. The molecule has 3 rings (SSSR count). The van der Waals surface area contributed by atoms with Crippen LogP contribution in [-0.2, 0) is 20.6 Å². The van der Waals surface area contributed by atoms with E-state index in [0.29, 0.717) is 14.8 Å². The first-order chi connectivity index (χ1) is 10.7. The van der Waals surface area contributed by atoms with Crippen molar-refractivity contribution in [3.8, 4) is 0 Å². The van der Waals surface area contributed by atoms with Crippen molar-refractivity contribution in [2.75, 3.05) is 0 Å². The maximum atomic E-state index is 5.99. The van der Waals surface area contributed by atoms with Gasteiger partial charge in [-0.2, -0.15) is 0 Å². The molecule has 2 aromatic rings. The van der Waals surface area contributed by atoms with Gasteiger partial charge in [0.1, 0.15) is 0 Å². The lowest BCUT2D eigenvalue weighted by Crippen LogP contribution is -2.33. The summed E-state index contributed by atoms with van der Waals surface area (Å²) in [7, 11) is -0.340. The van der Waals surface area contributed by atoms with Gasteiger partial charge in [0.15, 0.2) is 0 Å². The van der Waals surface area contributed by atoms with Gasteiger partial charge >= 0.3 is 0 Å². The highest BCUT2D eigenvalue weighted by atomic mass is 32.8. The van der Waals surface area contributed by atoms with Crippen LogP contribution in [0, 0.1) is 0 Å². The zero-order chi connectivity index (χ0) is 15.5. The SMILES string of the molecule is CC1CC(C)S(=S)C(P(c2ccccc2)c2ccccc2)S1. The molecule has 0 N–H and O–H groups in total. The van der Waals surface area contributed by atoms with Crippen LogP contribution >= 0.6 is 19.7 Å². The second kappa shape index (κ2) is 7.57. The minimum atomic E-state index is -0.390. The van der Waals surface area contributed by atoms with Crippen LogP contribution in [0.5, 0.6) is 0 Å². The molecule has 4 unspecified atom stereocenters. The van der Waals surface area contributed by atoms with E-state index < -0.39 is 7.92 Å². The molecule has 1 aliphatic heterocycles. The molecular weight excluding hydrogens is 343 g/mol. The molecule has 0 aliphatic carbocycles. The molecule has 0 saturated carbocycles. The van der Waals surface area contributed by atoms with Crippen molar-refractivity contribution in [1.29, 1.82) is 0 Å². The molecule has 22 heavy (non-hydrogen) atoms. The van der Waals surface area contributed by atoms with Gasteiger partial charge in [0.05, 0.1) is 4.32 Å². The van der Waals surface area contributed by atoms with Gasteiger partial charge in [0.2, 0.25) is 0 Å². The van der Waals surface area contributed by atoms with E-state index in [1.54, 1.807) is 0 Å². The molecule has 0 bridgehead atoms. The molecule has 0 nitrogen and oxygen atoms in total. The van der Waals surface area contributed by atoms with E-state index in [2.05, 4.69) is 86.3 Å². The highest BCUT2D eigenvalue weighted by Gasteiger charge is 2.35. The molecule has 0 radical (unpaired) electrons. The van der Waals surface area contributed by atoms with Crippen molar-refractivity contribution in [2.45, 2.75) is 35.1 Å². The summed E-state index contributed by atoms with van der Waals surface area (Å²) in [6.07, 6.45) is 1.26. The Morgan fingerprint density at radius 1 is 0.955 bits per heavy atom. The third-order valence-electron chi connectivity index (χ3n) is 3.89. The Hall–Kier alpha value is -0.210. The Morgan fingerprint density at radius 2 is 1.45 bits per heavy atom. The second-order valence-corrected chi connectivity index (χ2v) is 13.6. The fourth-order valence-corrected chi connectivity index (χ4v) is 13.4. The highest BCUT2D eigenvalue weighted by molar-refractivity contribution is 8.39. The first kappa shape index (κ1) is 16.6. The van der Waals surface area contributed by atoms with Crippen LogP contribution in [-0.4, -0.2) is 14.8 Å². The van der Waals surface area contributed by atoms with E-state index in [1.807, 2.05) is 0 Å². The zero-order valence-corrected chi connectivity index (χ0v) is 16.2. The Balaban J connectivity index is 2.04. The van der Waals surface area contributed by atoms with E-state index in [1.165, 1.54) is 17.0 Å². The molecular formula is C18H21PS3. The summed E-state index contributed by atoms with van der Waals surface area (Å²) in [4.78, 5) is 0. The van der Waals surface area contributed by atoms with Crippen LogP contribution < -0.4 is 10.6 Å². The predicted molar refractivity (Wildman–Crippen MR) is 109 cm³/mol. The highest BCUT2D eigenvalue weighted by Crippen LogP contribution is 2.52. The van der Waals surface area contributed by atoms with E-state index in [0.717, 1.165) is 0 Å². The summed E-state index contributed by atoms with van der Waals surface area (Å²) >= 11 is 8.12. The summed E-state index contributed by atoms with van der Waals surface area (Å²) < 4.78 is 0.563. The molecule has 116 valence electrons. The van der Waals surface area contributed by atoms with Crippen molar-refractivity contribution in [3.05, 3.63) is 60.7 Å². The normalized spacial score (nSPS) is 28.7. The van der Waals surface area contributed by atoms with E-state index in [9.17, 15) is 0 Å². The van der Waals surface area contributed by atoms with Crippen molar-refractivity contribution in [1.82, 2.24) is 0 Å². The molecule has 2 aromatic carbocycles. The van der Waals surface area contributed by atoms with Crippen molar-refractivity contribution < 1.29 is 0 Å². The first-order valence-corrected chi connectivity index (χ1v) is 12.2. The van der Waals surface area contributed by atoms with Crippen LogP contribution in [0.15, 0.2) is 60.7 Å². The standard InChI is InChI=1S/C18H21PS3/c1-14-13-15(2)22(20)18(21-14)19(16-9-5-3-6-10-16)17-11-7-4-8-12-17/h3-12,14-15,18H,13H2,1-2H3. The summed E-state index contributed by atoms with van der Waals surface area (Å²) in [5.74, 6) is 0. The third-order valence-corrected chi connectivity index (χ3v) is 13.9. The summed E-state index contributed by atoms with van der Waals surface area (Å²) in [6.45, 7) is 4.71. The largest absolute Gasteiger partial charge is 0.139 e. The van der Waals surface area contributed by atoms with Gasteiger partial charge in [-0.3, -0.25) is 0 Å². The van der Waals surface area contributed by atoms with Gasteiger partial charge in [-0.05, 0) is 36.1 Å². The molecule has 4 heteroatoms. The zero-order valence-electron chi connectivity index (χ0n) is 12.9. The summed E-state index contributed by atoms with van der Waals surface area (Å²) in [6, 6.07) is 22.0. The molecule has 1 heterocycles. The number of rotatable bonds is 3. The van der Waals surface area contributed by atoms with Crippen LogP contribution in [0.3, 0.4) is 0 Å². The lowest BCUT2D eigenvalue weighted by atomic mass is 10.3. The maximum Gasteiger partial charge on any atom is 0.0829 e. The Bertz CT molecular complexity index is 590. The Labute approximate surface area is 146 Å². The summed E-state index contributed by atoms with van der Waals surface area (Å²) in [5.41, 5.74) is 0. The molecule has 0 spiro atoms. The van der Waals surface area contributed by atoms with E-state index >= 15 is 0 Å². The Kier molecular flexibility index (Phi) is 5.73. The van der Waals surface area contributed by atoms with Crippen molar-refractivity contribution >= 4 is 50.9 Å². The second-order valence-electron chi connectivity index (χ2n) is 5.67. The number of thioether (sulfide) groups is 1. The van der Waals surface area contributed by atoms with Crippen LogP contribution in [0.4, 0.5) is 0 Å². The predicted octanol–water partition coefficient (Wildman–Crippen LogP) is 4.40. The van der Waals surface area contributed by atoms with Gasteiger partial charge in [0.25, 0.3) is 0 Å². The molecule has 4 atom stereocenters. The lowest BCUT2D eigenvalue weighted by Gasteiger charge is -2.38. The Morgan fingerprint density at radius 3 is 1.95 bits per heavy atom. The van der Waals surface area contributed by atoms with Crippen LogP contribution in [0.1, 0.15) is 20.3 Å². The minimum Gasteiger partial charge on any atom is -0.139 e. The number of hydrogen-bond donors (Lipinski definition) is 0. The van der Waals surface area contributed by atoms with Gasteiger partial charge in [-0.1, -0.05) is 74.5 Å².